The lowest BCUT2D eigenvalue weighted by Gasteiger charge is -2.18. The fourth-order valence-corrected chi connectivity index (χ4v) is 2.67. The number of nitrogens with one attached hydrogen (secondary N) is 2. The van der Waals surface area contributed by atoms with Crippen molar-refractivity contribution in [2.45, 2.75) is 13.0 Å². The second-order valence-corrected chi connectivity index (χ2v) is 5.26. The van der Waals surface area contributed by atoms with Crippen molar-refractivity contribution in [3.63, 3.8) is 0 Å². The predicted molar refractivity (Wildman–Crippen MR) is 81.9 cm³/mol. The molecule has 0 spiro atoms. The Morgan fingerprint density at radius 3 is 2.86 bits per heavy atom. The third-order valence-electron chi connectivity index (χ3n) is 3.87. The fourth-order valence-electron chi connectivity index (χ4n) is 2.67. The average molecular weight is 300 g/mol. The Bertz CT molecular complexity index is 751. The van der Waals surface area contributed by atoms with Crippen molar-refractivity contribution in [3.05, 3.63) is 57.3 Å². The van der Waals surface area contributed by atoms with Gasteiger partial charge in [0, 0.05) is 18.3 Å². The maximum absolute atomic E-state index is 12.3. The standard InChI is InChI=1S/C15H16N4O3/c1-18-13(4-5-14(18)19(21)22)15(20)17-12-3-2-10-6-7-16-9-11(10)8-12/h2-5,8,16H,6-7,9H2,1H3,(H,17,20). The summed E-state index contributed by atoms with van der Waals surface area (Å²) < 4.78 is 1.27. The second-order valence-electron chi connectivity index (χ2n) is 5.26. The molecule has 114 valence electrons. The summed E-state index contributed by atoms with van der Waals surface area (Å²) in [5.74, 6) is -0.473. The first-order valence-corrected chi connectivity index (χ1v) is 7.00. The van der Waals surface area contributed by atoms with E-state index in [1.807, 2.05) is 18.2 Å². The molecule has 7 nitrogen and oxygen atoms in total. The Balaban J connectivity index is 1.81. The molecular formula is C15H16N4O3. The quantitative estimate of drug-likeness (QED) is 0.668. The Labute approximate surface area is 127 Å². The molecule has 1 aromatic carbocycles. The van der Waals surface area contributed by atoms with E-state index in [9.17, 15) is 14.9 Å². The van der Waals surface area contributed by atoms with Crippen LogP contribution < -0.4 is 10.6 Å². The largest absolute Gasteiger partial charge is 0.358 e. The molecule has 1 aromatic heterocycles. The summed E-state index contributed by atoms with van der Waals surface area (Å²) in [6.45, 7) is 1.75. The summed E-state index contributed by atoms with van der Waals surface area (Å²) in [5, 5.41) is 16.9. The molecule has 0 saturated carbocycles. The van der Waals surface area contributed by atoms with E-state index in [4.69, 9.17) is 0 Å². The van der Waals surface area contributed by atoms with Crippen LogP contribution in [0.25, 0.3) is 0 Å². The van der Waals surface area contributed by atoms with Gasteiger partial charge in [0.25, 0.3) is 5.91 Å². The number of hydrogen-bond acceptors (Lipinski definition) is 4. The van der Waals surface area contributed by atoms with Gasteiger partial charge >= 0.3 is 5.82 Å². The van der Waals surface area contributed by atoms with Crippen LogP contribution in [0.3, 0.4) is 0 Å². The fraction of sp³-hybridized carbons (Fsp3) is 0.267. The number of carbonyl (C=O) groups excluding carboxylic acids is 1. The highest BCUT2D eigenvalue weighted by atomic mass is 16.6. The van der Waals surface area contributed by atoms with Gasteiger partial charge < -0.3 is 20.7 Å². The number of rotatable bonds is 3. The summed E-state index contributed by atoms with van der Waals surface area (Å²) >= 11 is 0. The van der Waals surface area contributed by atoms with Crippen LogP contribution in [-0.4, -0.2) is 21.9 Å². The maximum atomic E-state index is 12.3. The summed E-state index contributed by atoms with van der Waals surface area (Å²) in [6, 6.07) is 8.59. The summed E-state index contributed by atoms with van der Waals surface area (Å²) in [5.41, 5.74) is 3.40. The molecule has 1 aliphatic rings. The molecule has 2 N–H and O–H groups in total. The van der Waals surface area contributed by atoms with Crippen LogP contribution in [-0.2, 0) is 20.0 Å². The van der Waals surface area contributed by atoms with E-state index in [0.717, 1.165) is 19.5 Å². The van der Waals surface area contributed by atoms with Gasteiger partial charge in [0.1, 0.15) is 0 Å². The SMILES string of the molecule is Cn1c(C(=O)Nc2ccc3c(c2)CNCC3)ccc1[N+](=O)[O-]. The molecule has 2 heterocycles. The number of nitrogens with zero attached hydrogens (tertiary/aromatic N) is 2. The molecule has 0 fully saturated rings. The van der Waals surface area contributed by atoms with Gasteiger partial charge in [0.15, 0.2) is 5.69 Å². The van der Waals surface area contributed by atoms with E-state index in [2.05, 4.69) is 10.6 Å². The minimum atomic E-state index is -0.513. The smallest absolute Gasteiger partial charge is 0.323 e. The van der Waals surface area contributed by atoms with Gasteiger partial charge in [-0.1, -0.05) is 6.07 Å². The van der Waals surface area contributed by atoms with Crippen molar-refractivity contribution < 1.29 is 9.72 Å². The normalized spacial score (nSPS) is 13.5. The first-order chi connectivity index (χ1) is 10.6. The minimum Gasteiger partial charge on any atom is -0.358 e. The third-order valence-corrected chi connectivity index (χ3v) is 3.87. The molecule has 0 unspecified atom stereocenters. The zero-order valence-corrected chi connectivity index (χ0v) is 12.1. The van der Waals surface area contributed by atoms with Crippen LogP contribution in [0.1, 0.15) is 21.6 Å². The van der Waals surface area contributed by atoms with Crippen LogP contribution >= 0.6 is 0 Å². The van der Waals surface area contributed by atoms with Gasteiger partial charge in [-0.2, -0.15) is 0 Å². The van der Waals surface area contributed by atoms with Crippen molar-refractivity contribution in [3.8, 4) is 0 Å². The van der Waals surface area contributed by atoms with Crippen molar-refractivity contribution in [1.82, 2.24) is 9.88 Å². The molecule has 1 aliphatic heterocycles. The number of hydrogen-bond donors (Lipinski definition) is 2. The Hall–Kier alpha value is -2.67. The molecule has 22 heavy (non-hydrogen) atoms. The lowest BCUT2D eigenvalue weighted by Crippen LogP contribution is -2.24. The molecule has 0 saturated heterocycles. The molecule has 0 bridgehead atoms. The predicted octanol–water partition coefficient (Wildman–Crippen LogP) is 1.83. The van der Waals surface area contributed by atoms with Crippen molar-refractivity contribution in [2.75, 3.05) is 11.9 Å². The van der Waals surface area contributed by atoms with Gasteiger partial charge in [-0.15, -0.1) is 0 Å². The molecule has 0 aliphatic carbocycles. The number of carbonyl (C=O) groups is 1. The Kier molecular flexibility index (Phi) is 3.64. The maximum Gasteiger partial charge on any atom is 0.323 e. The third kappa shape index (κ3) is 2.58. The van der Waals surface area contributed by atoms with Gasteiger partial charge in [0.2, 0.25) is 0 Å². The number of nitro groups is 1. The Morgan fingerprint density at radius 1 is 1.32 bits per heavy atom. The molecule has 1 amide bonds. The molecule has 3 rings (SSSR count). The Morgan fingerprint density at radius 2 is 2.14 bits per heavy atom. The summed E-state index contributed by atoms with van der Waals surface area (Å²) in [4.78, 5) is 22.6. The van der Waals surface area contributed by atoms with E-state index in [0.29, 0.717) is 5.69 Å². The van der Waals surface area contributed by atoms with E-state index >= 15 is 0 Å². The van der Waals surface area contributed by atoms with Crippen LogP contribution in [0.5, 0.6) is 0 Å². The first-order valence-electron chi connectivity index (χ1n) is 7.00. The van der Waals surface area contributed by atoms with E-state index in [1.54, 1.807) is 0 Å². The number of amides is 1. The lowest BCUT2D eigenvalue weighted by atomic mass is 10.0. The number of fused-ring (bicyclic) bond motifs is 1. The van der Waals surface area contributed by atoms with Crippen molar-refractivity contribution >= 4 is 17.4 Å². The highest BCUT2D eigenvalue weighted by molar-refractivity contribution is 6.03. The van der Waals surface area contributed by atoms with Crippen LogP contribution in [0.15, 0.2) is 30.3 Å². The monoisotopic (exact) mass is 300 g/mol. The highest BCUT2D eigenvalue weighted by Crippen LogP contribution is 2.21. The van der Waals surface area contributed by atoms with Gasteiger partial charge in [-0.3, -0.25) is 4.79 Å². The van der Waals surface area contributed by atoms with Crippen LogP contribution in [0.2, 0.25) is 0 Å². The van der Waals surface area contributed by atoms with E-state index in [1.165, 1.54) is 34.9 Å². The molecular weight excluding hydrogens is 284 g/mol. The first kappa shape index (κ1) is 14.3. The van der Waals surface area contributed by atoms with Crippen molar-refractivity contribution in [2.24, 2.45) is 7.05 Å². The molecule has 0 radical (unpaired) electrons. The summed E-state index contributed by atoms with van der Waals surface area (Å²) in [7, 11) is 1.50. The number of benzene rings is 1. The average Bonchev–Trinajstić information content (AvgIpc) is 2.89. The molecule has 7 heteroatoms. The van der Waals surface area contributed by atoms with E-state index in [-0.39, 0.29) is 17.4 Å². The zero-order chi connectivity index (χ0) is 15.7. The van der Waals surface area contributed by atoms with Gasteiger partial charge in [-0.25, -0.2) is 4.57 Å². The van der Waals surface area contributed by atoms with Crippen LogP contribution in [0.4, 0.5) is 11.5 Å². The van der Waals surface area contributed by atoms with Crippen molar-refractivity contribution in [1.29, 1.82) is 0 Å². The van der Waals surface area contributed by atoms with Gasteiger partial charge in [0.05, 0.1) is 7.05 Å². The lowest BCUT2D eigenvalue weighted by molar-refractivity contribution is -0.391. The minimum absolute atomic E-state index is 0.111. The van der Waals surface area contributed by atoms with Crippen LogP contribution in [0, 0.1) is 10.1 Å². The van der Waals surface area contributed by atoms with Gasteiger partial charge in [-0.05, 0) is 47.2 Å². The van der Waals surface area contributed by atoms with E-state index < -0.39 is 4.92 Å². The topological polar surface area (TPSA) is 89.2 Å². The highest BCUT2D eigenvalue weighted by Gasteiger charge is 2.21. The second kappa shape index (κ2) is 5.61. The number of anilines is 1. The summed E-state index contributed by atoms with van der Waals surface area (Å²) in [6.07, 6.45) is 0.980. The molecule has 2 aromatic rings. The number of aromatic nitrogens is 1. The zero-order valence-electron chi connectivity index (χ0n) is 12.1. The molecule has 0 atom stereocenters.